The van der Waals surface area contributed by atoms with Gasteiger partial charge in [0.25, 0.3) is 0 Å². The van der Waals surface area contributed by atoms with Crippen LogP contribution in [-0.2, 0) is 22.5 Å². The molecule has 0 amide bonds. The lowest BCUT2D eigenvalue weighted by Gasteiger charge is -2.38. The molecule has 14 nitrogen and oxygen atoms in total. The first-order valence-corrected chi connectivity index (χ1v) is 16.6. The molecular formula is C39H45NO13. The number of hydrogen-bond donors (Lipinski definition) is 1. The first-order valence-electron chi connectivity index (χ1n) is 16.6. The molecule has 4 aromatic rings. The largest absolute Gasteiger partial charge is 0.502 e. The Labute approximate surface area is 307 Å². The smallest absolute Gasteiger partial charge is 0.306 e. The van der Waals surface area contributed by atoms with E-state index >= 15 is 0 Å². The van der Waals surface area contributed by atoms with Gasteiger partial charge in [0.15, 0.2) is 40.3 Å². The lowest BCUT2D eigenvalue weighted by Crippen LogP contribution is -2.36. The molecule has 284 valence electrons. The molecule has 2 heterocycles. The van der Waals surface area contributed by atoms with E-state index in [4.69, 9.17) is 47.0 Å². The lowest BCUT2D eigenvalue weighted by molar-refractivity contribution is -0.140. The third-order valence-corrected chi connectivity index (χ3v) is 9.34. The molecule has 0 radical (unpaired) electrons. The summed E-state index contributed by atoms with van der Waals surface area (Å²) in [5, 5.41) is 11.2. The standard InChI is InChI=1S/C39H45NO13/c1-44-28-12-21-10-11-40(35(25(21)18-29(28)45-2)23-15-32(48-5)39(52-9)33(16-23)49-6)20-24-17-27(41)36(43)37(53-24)26(19-34(42)50-7)22-13-30(46-3)38(51-8)31(14-22)47-4/h12-18,26,35,43H,10-11,19-20H2,1-9H3. The molecule has 2 unspecified atom stereocenters. The summed E-state index contributed by atoms with van der Waals surface area (Å²) in [5.41, 5.74) is 2.52. The van der Waals surface area contributed by atoms with Crippen LogP contribution in [0.25, 0.3) is 0 Å². The Balaban J connectivity index is 1.68. The van der Waals surface area contributed by atoms with Crippen molar-refractivity contribution < 1.29 is 56.9 Å². The van der Waals surface area contributed by atoms with Crippen LogP contribution in [0.5, 0.6) is 51.7 Å². The molecule has 0 saturated heterocycles. The van der Waals surface area contributed by atoms with Gasteiger partial charge >= 0.3 is 5.97 Å². The number of benzene rings is 3. The summed E-state index contributed by atoms with van der Waals surface area (Å²) in [6.07, 6.45) is 0.351. The molecule has 5 rings (SSSR count). The molecular weight excluding hydrogens is 690 g/mol. The van der Waals surface area contributed by atoms with Crippen LogP contribution in [0, 0.1) is 0 Å². The van der Waals surface area contributed by atoms with Crippen LogP contribution in [0.15, 0.2) is 51.7 Å². The number of hydrogen-bond acceptors (Lipinski definition) is 14. The first kappa shape index (κ1) is 38.5. The predicted octanol–water partition coefficient (Wildman–Crippen LogP) is 5.26. The Morgan fingerprint density at radius 1 is 0.736 bits per heavy atom. The number of aromatic hydroxyl groups is 1. The van der Waals surface area contributed by atoms with Crippen molar-refractivity contribution in [2.75, 3.05) is 70.5 Å². The second kappa shape index (κ2) is 16.7. The fraction of sp³-hybridized carbons (Fsp3) is 0.385. The molecule has 0 spiro atoms. The van der Waals surface area contributed by atoms with Gasteiger partial charge in [0, 0.05) is 12.6 Å². The summed E-state index contributed by atoms with van der Waals surface area (Å²) in [7, 11) is 13.4. The Kier molecular flexibility index (Phi) is 12.1. The van der Waals surface area contributed by atoms with Crippen molar-refractivity contribution in [2.24, 2.45) is 0 Å². The van der Waals surface area contributed by atoms with Gasteiger partial charge in [-0.05, 0) is 65.1 Å². The van der Waals surface area contributed by atoms with E-state index in [9.17, 15) is 14.7 Å². The normalized spacial score (nSPS) is 14.4. The van der Waals surface area contributed by atoms with Crippen LogP contribution in [0.4, 0.5) is 0 Å². The summed E-state index contributed by atoms with van der Waals surface area (Å²) in [5.74, 6) is 1.34. The molecule has 1 N–H and O–H groups in total. The van der Waals surface area contributed by atoms with Crippen LogP contribution in [0.1, 0.15) is 52.2 Å². The Hall–Kier alpha value is -5.76. The van der Waals surface area contributed by atoms with E-state index in [0.29, 0.717) is 64.5 Å². The van der Waals surface area contributed by atoms with Gasteiger partial charge in [-0.3, -0.25) is 14.5 Å². The van der Waals surface area contributed by atoms with Crippen molar-refractivity contribution in [3.05, 3.63) is 86.5 Å². The zero-order valence-electron chi connectivity index (χ0n) is 31.3. The van der Waals surface area contributed by atoms with Gasteiger partial charge in [-0.15, -0.1) is 0 Å². The fourth-order valence-corrected chi connectivity index (χ4v) is 6.80. The highest BCUT2D eigenvalue weighted by molar-refractivity contribution is 5.72. The van der Waals surface area contributed by atoms with E-state index in [1.807, 2.05) is 24.3 Å². The first-order chi connectivity index (χ1) is 25.6. The fourth-order valence-electron chi connectivity index (χ4n) is 6.80. The molecule has 0 bridgehead atoms. The van der Waals surface area contributed by atoms with E-state index in [0.717, 1.165) is 16.7 Å². The van der Waals surface area contributed by atoms with Crippen molar-refractivity contribution in [1.82, 2.24) is 4.90 Å². The second-order valence-corrected chi connectivity index (χ2v) is 12.1. The van der Waals surface area contributed by atoms with Gasteiger partial charge in [0.05, 0.1) is 88.9 Å². The summed E-state index contributed by atoms with van der Waals surface area (Å²) in [6, 6.07) is 11.7. The van der Waals surface area contributed by atoms with Gasteiger partial charge in [-0.2, -0.15) is 0 Å². The third kappa shape index (κ3) is 7.58. The summed E-state index contributed by atoms with van der Waals surface area (Å²) < 4.78 is 56.4. The maximum absolute atomic E-state index is 13.5. The van der Waals surface area contributed by atoms with Crippen LogP contribution < -0.4 is 43.3 Å². The number of carbonyl (C=O) groups is 1. The highest BCUT2D eigenvalue weighted by Gasteiger charge is 2.34. The van der Waals surface area contributed by atoms with Crippen molar-refractivity contribution in [3.63, 3.8) is 0 Å². The Morgan fingerprint density at radius 3 is 1.77 bits per heavy atom. The molecule has 14 heteroatoms. The zero-order valence-corrected chi connectivity index (χ0v) is 31.3. The monoisotopic (exact) mass is 735 g/mol. The van der Waals surface area contributed by atoms with Gasteiger partial charge in [0.2, 0.25) is 22.7 Å². The number of nitrogens with zero attached hydrogens (tertiary/aromatic N) is 1. The van der Waals surface area contributed by atoms with E-state index in [1.54, 1.807) is 40.6 Å². The maximum atomic E-state index is 13.5. The van der Waals surface area contributed by atoms with E-state index in [1.165, 1.54) is 41.6 Å². The van der Waals surface area contributed by atoms with Crippen LogP contribution in [0.2, 0.25) is 0 Å². The number of rotatable bonds is 15. The molecule has 0 fully saturated rings. The topological polar surface area (TPSA) is 154 Å². The number of ether oxygens (including phenoxy) is 9. The van der Waals surface area contributed by atoms with Gasteiger partial charge in [-0.25, -0.2) is 0 Å². The lowest BCUT2D eigenvalue weighted by atomic mass is 9.87. The number of methoxy groups -OCH3 is 9. The van der Waals surface area contributed by atoms with Crippen LogP contribution >= 0.6 is 0 Å². The quantitative estimate of drug-likeness (QED) is 0.158. The molecule has 53 heavy (non-hydrogen) atoms. The Morgan fingerprint density at radius 2 is 1.26 bits per heavy atom. The third-order valence-electron chi connectivity index (χ3n) is 9.34. The minimum Gasteiger partial charge on any atom is -0.502 e. The average Bonchev–Trinajstić information content (AvgIpc) is 3.19. The minimum atomic E-state index is -0.978. The Bertz CT molecular complexity index is 1960. The maximum Gasteiger partial charge on any atom is 0.306 e. The van der Waals surface area contributed by atoms with Gasteiger partial charge in [-0.1, -0.05) is 0 Å². The van der Waals surface area contributed by atoms with E-state index in [2.05, 4.69) is 4.90 Å². The highest BCUT2D eigenvalue weighted by atomic mass is 16.5. The summed E-state index contributed by atoms with van der Waals surface area (Å²) in [6.45, 7) is 0.653. The molecule has 0 saturated carbocycles. The van der Waals surface area contributed by atoms with E-state index < -0.39 is 29.1 Å². The van der Waals surface area contributed by atoms with Crippen LogP contribution in [0.3, 0.4) is 0 Å². The summed E-state index contributed by atoms with van der Waals surface area (Å²) in [4.78, 5) is 28.4. The number of fused-ring (bicyclic) bond motifs is 1. The van der Waals surface area contributed by atoms with Crippen molar-refractivity contribution in [2.45, 2.75) is 31.3 Å². The second-order valence-electron chi connectivity index (χ2n) is 12.1. The molecule has 3 aromatic carbocycles. The number of carbonyl (C=O) groups excluding carboxylic acids is 1. The summed E-state index contributed by atoms with van der Waals surface area (Å²) >= 11 is 0. The SMILES string of the molecule is COC(=O)CC(c1cc(OC)c(OC)c(OC)c1)c1oc(CN2CCc3cc(OC)c(OC)cc3C2c2cc(OC)c(OC)c(OC)c2)cc(=O)c1O. The van der Waals surface area contributed by atoms with Crippen molar-refractivity contribution >= 4 is 5.97 Å². The van der Waals surface area contributed by atoms with E-state index in [-0.39, 0.29) is 24.5 Å². The van der Waals surface area contributed by atoms with Crippen molar-refractivity contribution in [3.8, 4) is 51.7 Å². The molecule has 1 aliphatic rings. The minimum absolute atomic E-state index is 0.123. The highest BCUT2D eigenvalue weighted by Crippen LogP contribution is 2.47. The van der Waals surface area contributed by atoms with Crippen molar-refractivity contribution in [1.29, 1.82) is 0 Å². The molecule has 1 aromatic heterocycles. The number of esters is 1. The van der Waals surface area contributed by atoms with Gasteiger partial charge in [0.1, 0.15) is 5.76 Å². The predicted molar refractivity (Wildman–Crippen MR) is 193 cm³/mol. The molecule has 1 aliphatic heterocycles. The molecule has 2 atom stereocenters. The average molecular weight is 736 g/mol. The molecule has 0 aliphatic carbocycles. The van der Waals surface area contributed by atoms with Gasteiger partial charge < -0.3 is 52.2 Å². The zero-order chi connectivity index (χ0) is 38.4. The van der Waals surface area contributed by atoms with Crippen LogP contribution in [-0.4, -0.2) is 86.5 Å².